The van der Waals surface area contributed by atoms with E-state index in [4.69, 9.17) is 4.74 Å². The van der Waals surface area contributed by atoms with Crippen LogP contribution in [0.1, 0.15) is 70.9 Å². The van der Waals surface area contributed by atoms with E-state index in [0.29, 0.717) is 31.8 Å². The number of piperazine rings is 1. The summed E-state index contributed by atoms with van der Waals surface area (Å²) in [6.45, 7) is 15.1. The molecule has 6 rings (SSSR count). The highest BCUT2D eigenvalue weighted by molar-refractivity contribution is 5.97. The molecule has 1 saturated heterocycles. The third-order valence-electron chi connectivity index (χ3n) is 7.19. The number of imidazole rings is 1. The van der Waals surface area contributed by atoms with E-state index in [1.165, 1.54) is 0 Å². The number of ether oxygens (including phenoxy) is 1. The SMILES string of the molecule is CC.CC.CC.CC1C(=O)N2Cc3cncn3Cc3cccc(c3)Oc3cccc(c3)C[C@@H]2C(=O)N1Cc1ccccc1. The van der Waals surface area contributed by atoms with Gasteiger partial charge in [-0.25, -0.2) is 4.98 Å². The molecule has 2 amide bonds. The van der Waals surface area contributed by atoms with Crippen LogP contribution in [-0.2, 0) is 35.6 Å². The second kappa shape index (κ2) is 16.3. The third-order valence-corrected chi connectivity index (χ3v) is 7.19. The number of carbonyl (C=O) groups excluding carboxylic acids is 2. The lowest BCUT2D eigenvalue weighted by molar-refractivity contribution is -0.162. The van der Waals surface area contributed by atoms with Gasteiger partial charge in [-0.1, -0.05) is 96.1 Å². The average molecular weight is 583 g/mol. The van der Waals surface area contributed by atoms with Crippen molar-refractivity contribution >= 4 is 11.8 Å². The molecule has 0 N–H and O–H groups in total. The first-order valence-electron chi connectivity index (χ1n) is 15.5. The predicted octanol–water partition coefficient (Wildman–Crippen LogP) is 7.49. The summed E-state index contributed by atoms with van der Waals surface area (Å²) >= 11 is 0. The van der Waals surface area contributed by atoms with Crippen molar-refractivity contribution in [2.75, 3.05) is 0 Å². The number of hydrogen-bond acceptors (Lipinski definition) is 4. The van der Waals surface area contributed by atoms with Gasteiger partial charge in [0, 0.05) is 25.7 Å². The van der Waals surface area contributed by atoms with E-state index < -0.39 is 12.1 Å². The van der Waals surface area contributed by atoms with E-state index in [1.54, 1.807) is 22.3 Å². The minimum absolute atomic E-state index is 0.0503. The van der Waals surface area contributed by atoms with E-state index in [9.17, 15) is 9.59 Å². The molecule has 7 heteroatoms. The summed E-state index contributed by atoms with van der Waals surface area (Å²) in [6, 6.07) is 24.4. The molecule has 4 aromatic rings. The molecular weight excluding hydrogens is 536 g/mol. The molecule has 2 atom stereocenters. The van der Waals surface area contributed by atoms with E-state index >= 15 is 0 Å². The molecule has 0 spiro atoms. The van der Waals surface area contributed by atoms with Gasteiger partial charge in [-0.3, -0.25) is 9.59 Å². The number of carbonyl (C=O) groups is 2. The van der Waals surface area contributed by atoms with Crippen LogP contribution in [0.5, 0.6) is 11.5 Å². The predicted molar refractivity (Wildman–Crippen MR) is 173 cm³/mol. The Morgan fingerprint density at radius 1 is 0.767 bits per heavy atom. The largest absolute Gasteiger partial charge is 0.457 e. The standard InChI is InChI=1S/C30H28N4O3.3C2H6/c1-21-29(35)34-19-25-16-31-20-32(25)17-24-10-6-12-27(14-24)37-26-11-5-9-23(13-26)15-28(34)30(36)33(21)18-22-7-3-2-4-8-22;3*1-2/h2-14,16,20-21,28H,15,17-19H2,1H3;3*1-2H3/t21?,28-;;;/m1.../s1. The lowest BCUT2D eigenvalue weighted by atomic mass is 9.97. The highest BCUT2D eigenvalue weighted by Gasteiger charge is 2.44. The second-order valence-corrected chi connectivity index (χ2v) is 9.72. The Morgan fingerprint density at radius 3 is 2.07 bits per heavy atom. The molecule has 1 unspecified atom stereocenters. The van der Waals surface area contributed by atoms with E-state index in [-0.39, 0.29) is 11.8 Å². The van der Waals surface area contributed by atoms with Crippen LogP contribution in [-0.4, -0.2) is 43.2 Å². The van der Waals surface area contributed by atoms with Crippen LogP contribution in [0.2, 0.25) is 0 Å². The molecule has 0 radical (unpaired) electrons. The fourth-order valence-corrected chi connectivity index (χ4v) is 5.22. The lowest BCUT2D eigenvalue weighted by Gasteiger charge is -2.44. The Bertz CT molecular complexity index is 1450. The minimum Gasteiger partial charge on any atom is -0.457 e. The maximum atomic E-state index is 14.0. The summed E-state index contributed by atoms with van der Waals surface area (Å²) in [5.41, 5.74) is 3.88. The third kappa shape index (κ3) is 7.92. The molecule has 4 bridgehead atoms. The Balaban J connectivity index is 0.000000796. The van der Waals surface area contributed by atoms with Gasteiger partial charge in [0.1, 0.15) is 23.6 Å². The van der Waals surface area contributed by atoms with Gasteiger partial charge in [-0.05, 0) is 47.9 Å². The second-order valence-electron chi connectivity index (χ2n) is 9.72. The van der Waals surface area contributed by atoms with Crippen LogP contribution < -0.4 is 4.74 Å². The van der Waals surface area contributed by atoms with Crippen LogP contribution in [0.3, 0.4) is 0 Å². The first kappa shape index (κ1) is 33.1. The van der Waals surface area contributed by atoms with Gasteiger partial charge in [-0.15, -0.1) is 0 Å². The number of rotatable bonds is 2. The van der Waals surface area contributed by atoms with Crippen LogP contribution in [0.15, 0.2) is 91.4 Å². The van der Waals surface area contributed by atoms with Crippen molar-refractivity contribution in [1.82, 2.24) is 19.4 Å². The average Bonchev–Trinajstić information content (AvgIpc) is 3.49. The number of amides is 2. The molecule has 1 fully saturated rings. The van der Waals surface area contributed by atoms with Crippen molar-refractivity contribution in [2.45, 2.75) is 86.6 Å². The minimum atomic E-state index is -0.633. The summed E-state index contributed by atoms with van der Waals surface area (Å²) in [6.07, 6.45) is 3.95. The fourth-order valence-electron chi connectivity index (χ4n) is 5.22. The molecule has 3 aromatic carbocycles. The smallest absolute Gasteiger partial charge is 0.246 e. The monoisotopic (exact) mass is 582 g/mol. The quantitative estimate of drug-likeness (QED) is 0.246. The zero-order valence-electron chi connectivity index (χ0n) is 26.7. The zero-order valence-corrected chi connectivity index (χ0v) is 26.7. The highest BCUT2D eigenvalue weighted by atomic mass is 16.5. The molecule has 43 heavy (non-hydrogen) atoms. The van der Waals surface area contributed by atoms with Gasteiger partial charge in [0.05, 0.1) is 18.6 Å². The van der Waals surface area contributed by atoms with Gasteiger partial charge >= 0.3 is 0 Å². The molecule has 228 valence electrons. The number of aromatic nitrogens is 2. The van der Waals surface area contributed by atoms with Crippen LogP contribution >= 0.6 is 0 Å². The molecular formula is C36H46N4O3. The highest BCUT2D eigenvalue weighted by Crippen LogP contribution is 2.29. The molecule has 2 aliphatic rings. The lowest BCUT2D eigenvalue weighted by Crippen LogP contribution is -2.63. The number of hydrogen-bond donors (Lipinski definition) is 0. The van der Waals surface area contributed by atoms with Gasteiger partial charge < -0.3 is 19.1 Å². The first-order chi connectivity index (χ1) is 21.0. The first-order valence-corrected chi connectivity index (χ1v) is 15.5. The summed E-state index contributed by atoms with van der Waals surface area (Å²) < 4.78 is 8.20. The van der Waals surface area contributed by atoms with E-state index in [2.05, 4.69) is 4.98 Å². The number of nitrogens with zero attached hydrogens (tertiary/aromatic N) is 4. The molecule has 0 aliphatic carbocycles. The summed E-state index contributed by atoms with van der Waals surface area (Å²) in [7, 11) is 0. The van der Waals surface area contributed by atoms with Crippen molar-refractivity contribution < 1.29 is 14.3 Å². The van der Waals surface area contributed by atoms with Crippen molar-refractivity contribution in [2.24, 2.45) is 0 Å². The van der Waals surface area contributed by atoms with Gasteiger partial charge in [0.15, 0.2) is 0 Å². The van der Waals surface area contributed by atoms with E-state index in [0.717, 1.165) is 28.1 Å². The summed E-state index contributed by atoms with van der Waals surface area (Å²) in [5, 5.41) is 0. The zero-order chi connectivity index (χ0) is 31.4. The molecule has 7 nitrogen and oxygen atoms in total. The summed E-state index contributed by atoms with van der Waals surface area (Å²) in [4.78, 5) is 35.6. The Hall–Kier alpha value is -4.39. The Kier molecular flexibility index (Phi) is 12.6. The Labute approximate surface area is 257 Å². The van der Waals surface area contributed by atoms with Gasteiger partial charge in [0.2, 0.25) is 11.8 Å². The Morgan fingerprint density at radius 2 is 1.40 bits per heavy atom. The van der Waals surface area contributed by atoms with Crippen molar-refractivity contribution in [3.63, 3.8) is 0 Å². The summed E-state index contributed by atoms with van der Waals surface area (Å²) in [5.74, 6) is 1.34. The van der Waals surface area contributed by atoms with Crippen LogP contribution in [0.4, 0.5) is 0 Å². The molecule has 0 saturated carbocycles. The molecule has 2 aliphatic heterocycles. The topological polar surface area (TPSA) is 67.7 Å². The normalized spacial score (nSPS) is 17.2. The molecule has 3 heterocycles. The van der Waals surface area contributed by atoms with Crippen LogP contribution in [0, 0.1) is 0 Å². The van der Waals surface area contributed by atoms with Crippen LogP contribution in [0.25, 0.3) is 0 Å². The van der Waals surface area contributed by atoms with Crippen molar-refractivity contribution in [3.05, 3.63) is 114 Å². The number of fused-ring (bicyclic) bond motifs is 6. The maximum Gasteiger partial charge on any atom is 0.246 e. The number of benzene rings is 3. The van der Waals surface area contributed by atoms with Crippen molar-refractivity contribution in [1.29, 1.82) is 0 Å². The van der Waals surface area contributed by atoms with Crippen molar-refractivity contribution in [3.8, 4) is 11.5 Å². The maximum absolute atomic E-state index is 14.0. The van der Waals surface area contributed by atoms with Gasteiger partial charge in [-0.2, -0.15) is 0 Å². The molecule has 1 aromatic heterocycles. The van der Waals surface area contributed by atoms with Gasteiger partial charge in [0.25, 0.3) is 0 Å². The fraction of sp³-hybridized carbons (Fsp3) is 0.361. The van der Waals surface area contributed by atoms with E-state index in [1.807, 2.05) is 132 Å².